The van der Waals surface area contributed by atoms with Crippen LogP contribution in [0.15, 0.2) is 12.1 Å². The average molecular weight is 296 g/mol. The summed E-state index contributed by atoms with van der Waals surface area (Å²) >= 11 is 5.89. The van der Waals surface area contributed by atoms with Gasteiger partial charge in [0.15, 0.2) is 0 Å². The van der Waals surface area contributed by atoms with Crippen molar-refractivity contribution in [1.82, 2.24) is 4.98 Å². The second-order valence-electron chi connectivity index (χ2n) is 6.76. The minimum absolute atomic E-state index is 0.00602. The lowest BCUT2D eigenvalue weighted by molar-refractivity contribution is -0.00716. The van der Waals surface area contributed by atoms with Crippen molar-refractivity contribution >= 4 is 17.6 Å². The van der Waals surface area contributed by atoms with Gasteiger partial charge in [0.1, 0.15) is 11.3 Å². The van der Waals surface area contributed by atoms with Crippen molar-refractivity contribution in [2.24, 2.45) is 11.3 Å². The number of ether oxygens (including phenoxy) is 1. The quantitative estimate of drug-likeness (QED) is 0.599. The van der Waals surface area contributed by atoms with Gasteiger partial charge in [-0.2, -0.15) is 0 Å². The molecule has 1 fully saturated rings. The number of rotatable bonds is 2. The van der Waals surface area contributed by atoms with E-state index in [9.17, 15) is 4.79 Å². The summed E-state index contributed by atoms with van der Waals surface area (Å²) in [6.07, 6.45) is 3.03. The Morgan fingerprint density at radius 2 is 2.10 bits per heavy atom. The van der Waals surface area contributed by atoms with Crippen LogP contribution in [0.1, 0.15) is 56.1 Å². The third-order valence-corrected chi connectivity index (χ3v) is 3.97. The van der Waals surface area contributed by atoms with Crippen molar-refractivity contribution in [3.63, 3.8) is 0 Å². The molecular weight excluding hydrogens is 274 g/mol. The lowest BCUT2D eigenvalue weighted by Crippen LogP contribution is -2.34. The molecule has 1 aromatic rings. The zero-order valence-electron chi connectivity index (χ0n) is 12.6. The van der Waals surface area contributed by atoms with Gasteiger partial charge in [-0.15, -0.1) is 0 Å². The molecule has 0 amide bonds. The van der Waals surface area contributed by atoms with Gasteiger partial charge in [-0.3, -0.25) is 0 Å². The Morgan fingerprint density at radius 1 is 1.40 bits per heavy atom. The third kappa shape index (κ3) is 3.95. The van der Waals surface area contributed by atoms with E-state index in [1.807, 2.05) is 6.92 Å². The van der Waals surface area contributed by atoms with Crippen LogP contribution in [0.5, 0.6) is 0 Å². The van der Waals surface area contributed by atoms with Crippen LogP contribution in [0.25, 0.3) is 0 Å². The first kappa shape index (κ1) is 15.3. The smallest absolute Gasteiger partial charge is 0.338 e. The molecule has 2 atom stereocenters. The number of halogens is 1. The molecule has 1 aromatic heterocycles. The molecule has 3 nitrogen and oxygen atoms in total. The van der Waals surface area contributed by atoms with Crippen molar-refractivity contribution in [2.45, 2.75) is 53.1 Å². The zero-order valence-corrected chi connectivity index (χ0v) is 13.3. The number of pyridine rings is 1. The molecule has 2 unspecified atom stereocenters. The average Bonchev–Trinajstić information content (AvgIpc) is 2.24. The van der Waals surface area contributed by atoms with Crippen LogP contribution in [0.2, 0.25) is 5.15 Å². The van der Waals surface area contributed by atoms with Gasteiger partial charge in [0, 0.05) is 5.69 Å². The number of aryl methyl sites for hydroxylation is 1. The van der Waals surface area contributed by atoms with Crippen LogP contribution < -0.4 is 0 Å². The molecule has 0 aliphatic heterocycles. The number of hydrogen-bond donors (Lipinski definition) is 0. The van der Waals surface area contributed by atoms with Crippen molar-refractivity contribution in [2.75, 3.05) is 0 Å². The zero-order chi connectivity index (χ0) is 14.9. The molecule has 1 saturated carbocycles. The van der Waals surface area contributed by atoms with Crippen molar-refractivity contribution in [1.29, 1.82) is 0 Å². The number of nitrogens with zero attached hydrogens (tertiary/aromatic N) is 1. The maximum Gasteiger partial charge on any atom is 0.338 e. The number of esters is 1. The largest absolute Gasteiger partial charge is 0.459 e. The van der Waals surface area contributed by atoms with E-state index < -0.39 is 0 Å². The summed E-state index contributed by atoms with van der Waals surface area (Å²) in [6, 6.07) is 3.28. The molecule has 0 radical (unpaired) electrons. The normalized spacial score (nSPS) is 25.2. The number of carbonyl (C=O) groups is 1. The summed E-state index contributed by atoms with van der Waals surface area (Å²) in [6.45, 7) is 8.50. The minimum atomic E-state index is -0.299. The van der Waals surface area contributed by atoms with Gasteiger partial charge in [0.25, 0.3) is 0 Å². The minimum Gasteiger partial charge on any atom is -0.459 e. The standard InChI is InChI=1S/C16H22ClNO2/c1-10-5-13(9-16(3,4)8-10)20-15(19)12-6-11(2)18-14(17)7-12/h6-7,10,13H,5,8-9H2,1-4H3. The van der Waals surface area contributed by atoms with E-state index in [-0.39, 0.29) is 17.5 Å². The van der Waals surface area contributed by atoms with Crippen LogP contribution in [-0.4, -0.2) is 17.1 Å². The van der Waals surface area contributed by atoms with E-state index in [2.05, 4.69) is 25.8 Å². The summed E-state index contributed by atoms with van der Waals surface area (Å²) in [5, 5.41) is 0.328. The number of hydrogen-bond acceptors (Lipinski definition) is 3. The maximum atomic E-state index is 12.2. The van der Waals surface area contributed by atoms with Crippen LogP contribution in [0.3, 0.4) is 0 Å². The molecule has 0 aromatic carbocycles. The maximum absolute atomic E-state index is 12.2. The summed E-state index contributed by atoms with van der Waals surface area (Å²) in [7, 11) is 0. The monoisotopic (exact) mass is 295 g/mol. The molecule has 1 aliphatic rings. The number of aromatic nitrogens is 1. The van der Waals surface area contributed by atoms with E-state index in [4.69, 9.17) is 16.3 Å². The predicted molar refractivity (Wildman–Crippen MR) is 80.0 cm³/mol. The fourth-order valence-corrected chi connectivity index (χ4v) is 3.56. The highest BCUT2D eigenvalue weighted by Crippen LogP contribution is 2.39. The van der Waals surface area contributed by atoms with Gasteiger partial charge >= 0.3 is 5.97 Å². The highest BCUT2D eigenvalue weighted by atomic mass is 35.5. The summed E-state index contributed by atoms with van der Waals surface area (Å²) in [5.74, 6) is 0.284. The molecular formula is C16H22ClNO2. The van der Waals surface area contributed by atoms with Crippen molar-refractivity contribution in [3.8, 4) is 0 Å². The Balaban J connectivity index is 2.07. The van der Waals surface area contributed by atoms with E-state index in [0.29, 0.717) is 16.6 Å². The van der Waals surface area contributed by atoms with Crippen LogP contribution in [-0.2, 0) is 4.74 Å². The molecule has 0 spiro atoms. The summed E-state index contributed by atoms with van der Waals surface area (Å²) < 4.78 is 5.67. The van der Waals surface area contributed by atoms with E-state index in [0.717, 1.165) is 18.5 Å². The molecule has 1 aliphatic carbocycles. The van der Waals surface area contributed by atoms with E-state index in [1.54, 1.807) is 12.1 Å². The first-order chi connectivity index (χ1) is 9.25. The number of carbonyl (C=O) groups excluding carboxylic acids is 1. The fraction of sp³-hybridized carbons (Fsp3) is 0.625. The summed E-state index contributed by atoms with van der Waals surface area (Å²) in [5.41, 5.74) is 1.44. The Hall–Kier alpha value is -1.09. The van der Waals surface area contributed by atoms with E-state index in [1.165, 1.54) is 6.42 Å². The van der Waals surface area contributed by atoms with Gasteiger partial charge < -0.3 is 4.74 Å². The Kier molecular flexibility index (Phi) is 4.38. The van der Waals surface area contributed by atoms with Gasteiger partial charge in [0.2, 0.25) is 0 Å². The lowest BCUT2D eigenvalue weighted by Gasteiger charge is -2.38. The first-order valence-electron chi connectivity index (χ1n) is 7.10. The predicted octanol–water partition coefficient (Wildman–Crippen LogP) is 4.42. The molecule has 0 N–H and O–H groups in total. The fourth-order valence-electron chi connectivity index (χ4n) is 3.31. The molecule has 0 saturated heterocycles. The highest BCUT2D eigenvalue weighted by Gasteiger charge is 2.34. The Morgan fingerprint density at radius 3 is 2.70 bits per heavy atom. The molecule has 1 heterocycles. The van der Waals surface area contributed by atoms with Crippen LogP contribution in [0.4, 0.5) is 0 Å². The van der Waals surface area contributed by atoms with Gasteiger partial charge in [-0.1, -0.05) is 32.4 Å². The summed E-state index contributed by atoms with van der Waals surface area (Å²) in [4.78, 5) is 16.3. The van der Waals surface area contributed by atoms with Crippen molar-refractivity contribution < 1.29 is 9.53 Å². The second kappa shape index (κ2) is 5.72. The SMILES string of the molecule is Cc1cc(C(=O)OC2CC(C)CC(C)(C)C2)cc(Cl)n1. The molecule has 110 valence electrons. The van der Waals surface area contributed by atoms with Crippen LogP contribution in [0, 0.1) is 18.3 Å². The highest BCUT2D eigenvalue weighted by molar-refractivity contribution is 6.29. The second-order valence-corrected chi connectivity index (χ2v) is 7.15. The lowest BCUT2D eigenvalue weighted by atomic mass is 9.71. The van der Waals surface area contributed by atoms with E-state index >= 15 is 0 Å². The van der Waals surface area contributed by atoms with Gasteiger partial charge in [-0.05, 0) is 49.7 Å². The molecule has 20 heavy (non-hydrogen) atoms. The molecule has 4 heteroatoms. The third-order valence-electron chi connectivity index (χ3n) is 3.78. The van der Waals surface area contributed by atoms with Gasteiger partial charge in [0.05, 0.1) is 5.56 Å². The van der Waals surface area contributed by atoms with Crippen LogP contribution >= 0.6 is 11.6 Å². The molecule has 2 rings (SSSR count). The first-order valence-corrected chi connectivity index (χ1v) is 7.48. The van der Waals surface area contributed by atoms with Crippen molar-refractivity contribution in [3.05, 3.63) is 28.5 Å². The Bertz CT molecular complexity index is 493. The molecule has 0 bridgehead atoms. The Labute approximate surface area is 125 Å². The topological polar surface area (TPSA) is 39.2 Å². The van der Waals surface area contributed by atoms with Gasteiger partial charge in [-0.25, -0.2) is 9.78 Å².